The van der Waals surface area contributed by atoms with Gasteiger partial charge in [-0.1, -0.05) is 5.16 Å². The molecule has 0 bridgehead atoms. The molecule has 15 heavy (non-hydrogen) atoms. The van der Waals surface area contributed by atoms with Crippen molar-refractivity contribution in [1.29, 1.82) is 0 Å². The van der Waals surface area contributed by atoms with Crippen LogP contribution < -0.4 is 0 Å². The third-order valence-corrected chi connectivity index (χ3v) is 1.80. The van der Waals surface area contributed by atoms with Gasteiger partial charge in [-0.3, -0.25) is 4.79 Å². The second-order valence-electron chi connectivity index (χ2n) is 2.84. The van der Waals surface area contributed by atoms with E-state index in [4.69, 9.17) is 5.21 Å². The van der Waals surface area contributed by atoms with E-state index in [9.17, 15) is 4.79 Å². The summed E-state index contributed by atoms with van der Waals surface area (Å²) in [5, 5.41) is 15.6. The minimum Gasteiger partial charge on any atom is -0.469 e. The molecule has 0 saturated heterocycles. The smallest absolute Gasteiger partial charge is 0.305 e. The van der Waals surface area contributed by atoms with Gasteiger partial charge in [0.05, 0.1) is 25.8 Å². The number of carbonyl (C=O) groups excluding carboxylic acids is 1. The molecule has 0 fully saturated rings. The maximum Gasteiger partial charge on any atom is 0.305 e. The van der Waals surface area contributed by atoms with Crippen molar-refractivity contribution in [3.63, 3.8) is 0 Å². The Bertz CT molecular complexity index is 334. The van der Waals surface area contributed by atoms with Gasteiger partial charge in [-0.15, -0.1) is 0 Å². The van der Waals surface area contributed by atoms with Gasteiger partial charge in [-0.25, -0.2) is 9.67 Å². The summed E-state index contributed by atoms with van der Waals surface area (Å²) in [5.74, 6) is -0.338. The zero-order valence-corrected chi connectivity index (χ0v) is 8.33. The fourth-order valence-corrected chi connectivity index (χ4v) is 1.01. The number of carbonyl (C=O) groups is 1. The van der Waals surface area contributed by atoms with E-state index < -0.39 is 0 Å². The van der Waals surface area contributed by atoms with E-state index in [0.717, 1.165) is 0 Å². The van der Waals surface area contributed by atoms with Gasteiger partial charge in [0.2, 0.25) is 0 Å². The first-order chi connectivity index (χ1) is 7.26. The van der Waals surface area contributed by atoms with E-state index in [2.05, 4.69) is 20.0 Å². The van der Waals surface area contributed by atoms with Crippen LogP contribution in [0.2, 0.25) is 0 Å². The molecule has 1 rings (SSSR count). The second kappa shape index (κ2) is 5.74. The van der Waals surface area contributed by atoms with Gasteiger partial charge in [0.1, 0.15) is 12.7 Å². The fourth-order valence-electron chi connectivity index (χ4n) is 1.01. The number of hydrogen-bond acceptors (Lipinski definition) is 6. The van der Waals surface area contributed by atoms with Crippen molar-refractivity contribution in [2.24, 2.45) is 5.16 Å². The Morgan fingerprint density at radius 2 is 2.40 bits per heavy atom. The molecule has 1 aromatic rings. The van der Waals surface area contributed by atoms with Crippen LogP contribution in [0.3, 0.4) is 0 Å². The molecule has 0 aliphatic rings. The Morgan fingerprint density at radius 1 is 1.60 bits per heavy atom. The minimum atomic E-state index is -0.338. The van der Waals surface area contributed by atoms with Crippen LogP contribution in [-0.2, 0) is 16.1 Å². The van der Waals surface area contributed by atoms with E-state index in [1.807, 2.05) is 0 Å². The quantitative estimate of drug-likeness (QED) is 0.322. The normalized spacial score (nSPS) is 11.4. The Kier molecular flexibility index (Phi) is 4.27. The number of esters is 1. The summed E-state index contributed by atoms with van der Waals surface area (Å²) in [6.07, 6.45) is 3.41. The van der Waals surface area contributed by atoms with Crippen molar-refractivity contribution in [2.45, 2.75) is 19.4 Å². The largest absolute Gasteiger partial charge is 0.469 e. The summed E-state index contributed by atoms with van der Waals surface area (Å²) in [5.41, 5.74) is 0.450. The molecule has 0 unspecified atom stereocenters. The number of hydrogen-bond donors (Lipinski definition) is 1. The highest BCUT2D eigenvalue weighted by atomic mass is 16.5. The van der Waals surface area contributed by atoms with Crippen molar-refractivity contribution in [1.82, 2.24) is 14.8 Å². The van der Waals surface area contributed by atoms with Crippen LogP contribution in [0.15, 0.2) is 17.8 Å². The first-order valence-electron chi connectivity index (χ1n) is 4.35. The van der Waals surface area contributed by atoms with Crippen LogP contribution in [0.5, 0.6) is 0 Å². The number of nitrogens with zero attached hydrogens (tertiary/aromatic N) is 4. The first-order valence-corrected chi connectivity index (χ1v) is 4.35. The predicted octanol–water partition coefficient (Wildman–Crippen LogP) is 0.0615. The summed E-state index contributed by atoms with van der Waals surface area (Å²) in [6, 6.07) is 0. The van der Waals surface area contributed by atoms with Gasteiger partial charge >= 0.3 is 5.97 Å². The predicted molar refractivity (Wildman–Crippen MR) is 50.5 cm³/mol. The second-order valence-corrected chi connectivity index (χ2v) is 2.84. The molecule has 1 N–H and O–H groups in total. The molecule has 82 valence electrons. The first kappa shape index (κ1) is 11.2. The average molecular weight is 212 g/mol. The van der Waals surface area contributed by atoms with Gasteiger partial charge in [0, 0.05) is 6.42 Å². The third kappa shape index (κ3) is 3.75. The van der Waals surface area contributed by atoms with Crippen LogP contribution in [-0.4, -0.2) is 38.8 Å². The summed E-state index contributed by atoms with van der Waals surface area (Å²) in [7, 11) is 1.31. The molecule has 7 heteroatoms. The molecule has 0 aromatic carbocycles. The Balaban J connectivity index is 2.41. The Labute approximate surface area is 86.4 Å². The van der Waals surface area contributed by atoms with E-state index in [-0.39, 0.29) is 12.4 Å². The van der Waals surface area contributed by atoms with E-state index in [0.29, 0.717) is 18.7 Å². The van der Waals surface area contributed by atoms with Crippen molar-refractivity contribution in [2.75, 3.05) is 7.11 Å². The molecule has 1 heterocycles. The molecule has 7 nitrogen and oxygen atoms in total. The third-order valence-electron chi connectivity index (χ3n) is 1.80. The van der Waals surface area contributed by atoms with Crippen LogP contribution >= 0.6 is 0 Å². The summed E-state index contributed by atoms with van der Waals surface area (Å²) >= 11 is 0. The van der Waals surface area contributed by atoms with Gasteiger partial charge in [0.15, 0.2) is 0 Å². The highest BCUT2D eigenvalue weighted by Gasteiger charge is 2.06. The van der Waals surface area contributed by atoms with Gasteiger partial charge in [0.25, 0.3) is 0 Å². The Morgan fingerprint density at radius 3 is 2.93 bits per heavy atom. The monoisotopic (exact) mass is 212 g/mol. The van der Waals surface area contributed by atoms with Crippen molar-refractivity contribution < 1.29 is 14.7 Å². The van der Waals surface area contributed by atoms with Gasteiger partial charge < -0.3 is 9.94 Å². The van der Waals surface area contributed by atoms with E-state index in [1.54, 1.807) is 0 Å². The number of methoxy groups -OCH3 is 1. The topological polar surface area (TPSA) is 89.6 Å². The van der Waals surface area contributed by atoms with Crippen LogP contribution in [0.1, 0.15) is 12.8 Å². The summed E-state index contributed by atoms with van der Waals surface area (Å²) < 4.78 is 5.98. The molecule has 0 aliphatic carbocycles. The lowest BCUT2D eigenvalue weighted by Crippen LogP contribution is -2.13. The molecule has 0 saturated carbocycles. The maximum atomic E-state index is 10.8. The SMILES string of the molecule is COC(=O)CC/C(Cn1cncn1)=N\O. The van der Waals surface area contributed by atoms with Gasteiger partial charge in [-0.2, -0.15) is 5.10 Å². The molecule has 0 spiro atoms. The lowest BCUT2D eigenvalue weighted by atomic mass is 10.2. The van der Waals surface area contributed by atoms with Crippen LogP contribution in [0.25, 0.3) is 0 Å². The van der Waals surface area contributed by atoms with Crippen molar-refractivity contribution >= 4 is 11.7 Å². The van der Waals surface area contributed by atoms with Crippen LogP contribution in [0.4, 0.5) is 0 Å². The number of ether oxygens (including phenoxy) is 1. The van der Waals surface area contributed by atoms with Gasteiger partial charge in [-0.05, 0) is 0 Å². The standard InChI is InChI=1S/C8H12N4O3/c1-15-8(13)3-2-7(11-14)4-12-6-9-5-10-12/h5-6,14H,2-4H2,1H3/b11-7+. The molecular formula is C8H12N4O3. The molecule has 0 aliphatic heterocycles. The minimum absolute atomic E-state index is 0.185. The highest BCUT2D eigenvalue weighted by Crippen LogP contribution is 1.97. The van der Waals surface area contributed by atoms with E-state index in [1.165, 1.54) is 24.4 Å². The molecule has 0 amide bonds. The zero-order valence-electron chi connectivity index (χ0n) is 8.33. The lowest BCUT2D eigenvalue weighted by Gasteiger charge is -2.03. The zero-order chi connectivity index (χ0) is 11.1. The average Bonchev–Trinajstić information content (AvgIpc) is 2.76. The van der Waals surface area contributed by atoms with Crippen molar-refractivity contribution in [3.8, 4) is 0 Å². The lowest BCUT2D eigenvalue weighted by molar-refractivity contribution is -0.140. The van der Waals surface area contributed by atoms with E-state index >= 15 is 0 Å². The number of rotatable bonds is 5. The molecule has 0 atom stereocenters. The molecule has 0 radical (unpaired) electrons. The van der Waals surface area contributed by atoms with Crippen LogP contribution in [0, 0.1) is 0 Å². The highest BCUT2D eigenvalue weighted by molar-refractivity contribution is 5.86. The summed E-state index contributed by atoms with van der Waals surface area (Å²) in [4.78, 5) is 14.6. The summed E-state index contributed by atoms with van der Waals surface area (Å²) in [6.45, 7) is 0.313. The Hall–Kier alpha value is -1.92. The number of aromatic nitrogens is 3. The van der Waals surface area contributed by atoms with Crippen molar-refractivity contribution in [3.05, 3.63) is 12.7 Å². The maximum absolute atomic E-state index is 10.8. The fraction of sp³-hybridized carbons (Fsp3) is 0.500. The molecular weight excluding hydrogens is 200 g/mol. The molecule has 1 aromatic heterocycles. The number of oxime groups is 1.